The van der Waals surface area contributed by atoms with Gasteiger partial charge in [-0.05, 0) is 29.5 Å². The van der Waals surface area contributed by atoms with Crippen LogP contribution in [0.5, 0.6) is 0 Å². The molecular weight excluding hydrogens is 256 g/mol. The third kappa shape index (κ3) is 2.95. The van der Waals surface area contributed by atoms with Crippen LogP contribution < -0.4 is 5.32 Å². The lowest BCUT2D eigenvalue weighted by atomic mass is 10.1. The Kier molecular flexibility index (Phi) is 3.42. The molecule has 1 aliphatic heterocycles. The first-order valence-corrected chi connectivity index (χ1v) is 5.82. The Morgan fingerprint density at radius 3 is 2.78 bits per heavy atom. The van der Waals surface area contributed by atoms with Gasteiger partial charge in [0.25, 0.3) is 11.1 Å². The van der Waals surface area contributed by atoms with Crippen LogP contribution in [0.3, 0.4) is 0 Å². The number of hydrogen-bond acceptors (Lipinski definition) is 5. The number of rotatable bonds is 3. The van der Waals surface area contributed by atoms with Crippen LogP contribution in [0.1, 0.15) is 11.1 Å². The number of carbonyl (C=O) groups is 2. The summed E-state index contributed by atoms with van der Waals surface area (Å²) in [4.78, 5) is 32.6. The SMILES string of the molecule is O=C1NC(=O)C(=Cc2cccc(C[N+](=O)[O-])c2)S1. The molecule has 2 amide bonds. The second kappa shape index (κ2) is 5.01. The van der Waals surface area contributed by atoms with E-state index in [4.69, 9.17) is 0 Å². The molecule has 92 valence electrons. The summed E-state index contributed by atoms with van der Waals surface area (Å²) in [5, 5.41) is 12.1. The zero-order valence-electron chi connectivity index (χ0n) is 9.08. The Hall–Kier alpha value is -2.15. The van der Waals surface area contributed by atoms with Gasteiger partial charge in [0, 0.05) is 10.5 Å². The van der Waals surface area contributed by atoms with Gasteiger partial charge in [-0.3, -0.25) is 25.0 Å². The van der Waals surface area contributed by atoms with Crippen molar-refractivity contribution in [3.05, 3.63) is 50.4 Å². The van der Waals surface area contributed by atoms with Crippen molar-refractivity contribution < 1.29 is 14.5 Å². The number of nitro groups is 1. The summed E-state index contributed by atoms with van der Waals surface area (Å²) in [6.45, 7) is -0.269. The van der Waals surface area contributed by atoms with Gasteiger partial charge in [-0.1, -0.05) is 18.2 Å². The third-order valence-electron chi connectivity index (χ3n) is 2.20. The highest BCUT2D eigenvalue weighted by Gasteiger charge is 2.24. The van der Waals surface area contributed by atoms with E-state index in [0.717, 1.165) is 11.8 Å². The maximum Gasteiger partial charge on any atom is 0.290 e. The largest absolute Gasteiger partial charge is 0.290 e. The lowest BCUT2D eigenvalue weighted by Gasteiger charge is -1.98. The molecule has 0 aliphatic carbocycles. The Morgan fingerprint density at radius 1 is 1.39 bits per heavy atom. The highest BCUT2D eigenvalue weighted by Crippen LogP contribution is 2.25. The number of amides is 2. The Balaban J connectivity index is 2.24. The van der Waals surface area contributed by atoms with E-state index in [-0.39, 0.29) is 6.54 Å². The first-order valence-electron chi connectivity index (χ1n) is 5.00. The van der Waals surface area contributed by atoms with E-state index in [0.29, 0.717) is 16.0 Å². The molecule has 7 heteroatoms. The van der Waals surface area contributed by atoms with Crippen LogP contribution in [-0.2, 0) is 11.3 Å². The lowest BCUT2D eigenvalue weighted by molar-refractivity contribution is -0.496. The van der Waals surface area contributed by atoms with Crippen molar-refractivity contribution in [3.63, 3.8) is 0 Å². The van der Waals surface area contributed by atoms with Gasteiger partial charge in [-0.25, -0.2) is 0 Å². The molecule has 0 aromatic heterocycles. The maximum absolute atomic E-state index is 11.3. The van der Waals surface area contributed by atoms with Crippen molar-refractivity contribution >= 4 is 29.0 Å². The minimum atomic E-state index is -0.440. The minimum Gasteiger partial charge on any atom is -0.282 e. The fraction of sp³-hybridized carbons (Fsp3) is 0.0909. The van der Waals surface area contributed by atoms with Crippen LogP contribution in [-0.4, -0.2) is 16.1 Å². The van der Waals surface area contributed by atoms with Gasteiger partial charge in [0.1, 0.15) is 0 Å². The molecule has 1 saturated heterocycles. The second-order valence-electron chi connectivity index (χ2n) is 3.59. The van der Waals surface area contributed by atoms with E-state index in [1.54, 1.807) is 24.3 Å². The number of benzene rings is 1. The second-order valence-corrected chi connectivity index (χ2v) is 4.60. The minimum absolute atomic E-state index is 0.269. The Bertz CT molecular complexity index is 568. The van der Waals surface area contributed by atoms with Crippen LogP contribution in [0.4, 0.5) is 4.79 Å². The molecule has 1 aliphatic rings. The van der Waals surface area contributed by atoms with E-state index < -0.39 is 16.1 Å². The topological polar surface area (TPSA) is 89.3 Å². The summed E-state index contributed by atoms with van der Waals surface area (Å²) in [6, 6.07) is 6.64. The number of nitrogens with zero attached hydrogens (tertiary/aromatic N) is 1. The smallest absolute Gasteiger partial charge is 0.282 e. The summed E-state index contributed by atoms with van der Waals surface area (Å²) in [5.74, 6) is -0.440. The quantitative estimate of drug-likeness (QED) is 0.510. The standard InChI is InChI=1S/C11H8N2O4S/c14-10-9(18-11(15)12-10)5-7-2-1-3-8(4-7)6-13(16)17/h1-5H,6H2,(H,12,14,15). The highest BCUT2D eigenvalue weighted by atomic mass is 32.2. The van der Waals surface area contributed by atoms with E-state index >= 15 is 0 Å². The number of thioether (sulfide) groups is 1. The molecule has 1 heterocycles. The Morgan fingerprint density at radius 2 is 2.17 bits per heavy atom. The van der Waals surface area contributed by atoms with Crippen LogP contribution >= 0.6 is 11.8 Å². The first-order chi connectivity index (χ1) is 8.54. The average molecular weight is 264 g/mol. The monoisotopic (exact) mass is 264 g/mol. The van der Waals surface area contributed by atoms with Crippen LogP contribution in [0.25, 0.3) is 6.08 Å². The molecule has 0 spiro atoms. The molecule has 6 nitrogen and oxygen atoms in total. The predicted molar refractivity (Wildman–Crippen MR) is 66.2 cm³/mol. The number of nitrogens with one attached hydrogen (secondary N) is 1. The van der Waals surface area contributed by atoms with Gasteiger partial charge >= 0.3 is 0 Å². The van der Waals surface area contributed by atoms with E-state index in [1.807, 2.05) is 0 Å². The van der Waals surface area contributed by atoms with Crippen LogP contribution in [0, 0.1) is 10.1 Å². The van der Waals surface area contributed by atoms with Gasteiger partial charge in [-0.2, -0.15) is 0 Å². The molecule has 0 unspecified atom stereocenters. The maximum atomic E-state index is 11.3. The van der Waals surface area contributed by atoms with E-state index in [9.17, 15) is 19.7 Å². The van der Waals surface area contributed by atoms with Gasteiger partial charge < -0.3 is 0 Å². The van der Waals surface area contributed by atoms with Crippen molar-refractivity contribution in [3.8, 4) is 0 Å². The number of imide groups is 1. The van der Waals surface area contributed by atoms with Crippen LogP contribution in [0.15, 0.2) is 29.2 Å². The summed E-state index contributed by atoms with van der Waals surface area (Å²) < 4.78 is 0. The van der Waals surface area contributed by atoms with Crippen molar-refractivity contribution in [2.24, 2.45) is 0 Å². The molecule has 1 N–H and O–H groups in total. The Labute approximate surface area is 106 Å². The van der Waals surface area contributed by atoms with Crippen molar-refractivity contribution in [1.82, 2.24) is 5.32 Å². The fourth-order valence-corrected chi connectivity index (χ4v) is 2.18. The van der Waals surface area contributed by atoms with Gasteiger partial charge in [0.15, 0.2) is 0 Å². The first kappa shape index (κ1) is 12.3. The normalized spacial score (nSPS) is 17.0. The zero-order valence-corrected chi connectivity index (χ0v) is 9.90. The predicted octanol–water partition coefficient (Wildman–Crippen LogP) is 1.79. The lowest BCUT2D eigenvalue weighted by Crippen LogP contribution is -2.17. The molecular formula is C11H8N2O4S. The molecule has 1 fully saturated rings. The molecule has 2 rings (SSSR count). The van der Waals surface area contributed by atoms with Crippen molar-refractivity contribution in [2.45, 2.75) is 6.54 Å². The fourth-order valence-electron chi connectivity index (χ4n) is 1.50. The molecule has 0 atom stereocenters. The molecule has 1 aromatic rings. The average Bonchev–Trinajstić information content (AvgIpc) is 2.57. The van der Waals surface area contributed by atoms with Crippen molar-refractivity contribution in [2.75, 3.05) is 0 Å². The van der Waals surface area contributed by atoms with E-state index in [2.05, 4.69) is 5.32 Å². The summed E-state index contributed by atoms with van der Waals surface area (Å²) in [5.41, 5.74) is 1.20. The molecule has 0 radical (unpaired) electrons. The highest BCUT2D eigenvalue weighted by molar-refractivity contribution is 8.18. The third-order valence-corrected chi connectivity index (χ3v) is 3.01. The summed E-state index contributed by atoms with van der Waals surface area (Å²) >= 11 is 0.816. The van der Waals surface area contributed by atoms with Crippen LogP contribution in [0.2, 0.25) is 0 Å². The van der Waals surface area contributed by atoms with Gasteiger partial charge in [-0.15, -0.1) is 0 Å². The number of hydrogen-bond donors (Lipinski definition) is 1. The molecule has 0 saturated carbocycles. The van der Waals surface area contributed by atoms with E-state index in [1.165, 1.54) is 6.08 Å². The molecule has 1 aromatic carbocycles. The molecule has 0 bridgehead atoms. The van der Waals surface area contributed by atoms with Gasteiger partial charge in [0.05, 0.1) is 4.91 Å². The summed E-state index contributed by atoms with van der Waals surface area (Å²) in [6.07, 6.45) is 1.54. The summed E-state index contributed by atoms with van der Waals surface area (Å²) in [7, 11) is 0. The number of carbonyl (C=O) groups excluding carboxylic acids is 2. The van der Waals surface area contributed by atoms with Crippen molar-refractivity contribution in [1.29, 1.82) is 0 Å². The zero-order chi connectivity index (χ0) is 13.1. The van der Waals surface area contributed by atoms with Gasteiger partial charge in [0.2, 0.25) is 6.54 Å². The molecule has 18 heavy (non-hydrogen) atoms.